The molecular weight excluding hydrogens is 240 g/mol. The predicted octanol–water partition coefficient (Wildman–Crippen LogP) is 2.80. The Morgan fingerprint density at radius 2 is 2.20 bits per heavy atom. The third-order valence-electron chi connectivity index (χ3n) is 1.91. The third kappa shape index (κ3) is 1.96. The van der Waals surface area contributed by atoms with E-state index >= 15 is 0 Å². The Bertz CT molecular complexity index is 484. The maximum absolute atomic E-state index is 13.0. The molecule has 2 rings (SSSR count). The highest BCUT2D eigenvalue weighted by atomic mass is 35.5. The molecule has 0 spiro atoms. The molecule has 3 nitrogen and oxygen atoms in total. The predicted molar refractivity (Wildman–Crippen MR) is 55.9 cm³/mol. The molecule has 0 radical (unpaired) electrons. The van der Waals surface area contributed by atoms with Crippen LogP contribution in [0.2, 0.25) is 5.02 Å². The molecule has 0 fully saturated rings. The highest BCUT2D eigenvalue weighted by molar-refractivity contribution is 6.32. The normalized spacial score (nSPS) is 10.6. The van der Waals surface area contributed by atoms with Crippen molar-refractivity contribution in [1.82, 2.24) is 14.8 Å². The molecule has 0 aliphatic carbocycles. The minimum Gasteiger partial charge on any atom is -0.283 e. The van der Waals surface area contributed by atoms with Crippen LogP contribution in [-0.4, -0.2) is 14.8 Å². The van der Waals surface area contributed by atoms with Gasteiger partial charge in [-0.3, -0.25) is 4.57 Å². The second-order valence-corrected chi connectivity index (χ2v) is 3.52. The molecule has 78 valence electrons. The monoisotopic (exact) mass is 245 g/mol. The first-order chi connectivity index (χ1) is 7.22. The molecule has 0 aliphatic heterocycles. The molecule has 0 saturated carbocycles. The lowest BCUT2D eigenvalue weighted by Crippen LogP contribution is -1.99. The van der Waals surface area contributed by atoms with E-state index < -0.39 is 0 Å². The number of hydrogen-bond acceptors (Lipinski definition) is 2. The second-order valence-electron chi connectivity index (χ2n) is 2.85. The van der Waals surface area contributed by atoms with Gasteiger partial charge < -0.3 is 0 Å². The Balaban J connectivity index is 2.58. The van der Waals surface area contributed by atoms with E-state index in [4.69, 9.17) is 23.2 Å². The summed E-state index contributed by atoms with van der Waals surface area (Å²) in [5.74, 6) is 0.333. The first kappa shape index (κ1) is 10.4. The number of alkyl halides is 1. The molecule has 1 aromatic carbocycles. The Labute approximate surface area is 95.5 Å². The van der Waals surface area contributed by atoms with Crippen LogP contribution in [-0.2, 0) is 5.88 Å². The van der Waals surface area contributed by atoms with Crippen LogP contribution in [0.15, 0.2) is 24.5 Å². The van der Waals surface area contributed by atoms with Crippen LogP contribution < -0.4 is 0 Å². The van der Waals surface area contributed by atoms with Gasteiger partial charge in [-0.25, -0.2) is 4.39 Å². The topological polar surface area (TPSA) is 30.7 Å². The lowest BCUT2D eigenvalue weighted by molar-refractivity contribution is 0.626. The molecule has 1 aromatic heterocycles. The summed E-state index contributed by atoms with van der Waals surface area (Å²) in [6, 6.07) is 4.07. The molecule has 0 atom stereocenters. The fourth-order valence-corrected chi connectivity index (χ4v) is 1.61. The van der Waals surface area contributed by atoms with E-state index in [2.05, 4.69) is 10.2 Å². The van der Waals surface area contributed by atoms with Gasteiger partial charge >= 0.3 is 0 Å². The van der Waals surface area contributed by atoms with Gasteiger partial charge in [-0.2, -0.15) is 0 Å². The van der Waals surface area contributed by atoms with Crippen molar-refractivity contribution in [2.24, 2.45) is 0 Å². The van der Waals surface area contributed by atoms with Crippen molar-refractivity contribution in [3.05, 3.63) is 41.2 Å². The van der Waals surface area contributed by atoms with Crippen molar-refractivity contribution in [3.8, 4) is 5.69 Å². The Hall–Kier alpha value is -1.13. The molecule has 0 amide bonds. The van der Waals surface area contributed by atoms with Crippen LogP contribution in [0.5, 0.6) is 0 Å². The Morgan fingerprint density at radius 1 is 1.40 bits per heavy atom. The number of nitrogens with zero attached hydrogens (tertiary/aromatic N) is 3. The molecule has 15 heavy (non-hydrogen) atoms. The Kier molecular flexibility index (Phi) is 2.88. The average molecular weight is 246 g/mol. The zero-order valence-electron chi connectivity index (χ0n) is 7.49. The molecule has 0 saturated heterocycles. The first-order valence-corrected chi connectivity index (χ1v) is 5.04. The van der Waals surface area contributed by atoms with Gasteiger partial charge in [0.05, 0.1) is 16.6 Å². The van der Waals surface area contributed by atoms with Crippen molar-refractivity contribution in [3.63, 3.8) is 0 Å². The minimum absolute atomic E-state index is 0.187. The molecule has 6 heteroatoms. The van der Waals surface area contributed by atoms with Gasteiger partial charge in [0.15, 0.2) is 5.82 Å². The van der Waals surface area contributed by atoms with E-state index in [9.17, 15) is 4.39 Å². The van der Waals surface area contributed by atoms with Gasteiger partial charge in [-0.15, -0.1) is 21.8 Å². The van der Waals surface area contributed by atoms with Crippen LogP contribution in [0, 0.1) is 5.82 Å². The summed E-state index contributed by atoms with van der Waals surface area (Å²) >= 11 is 11.6. The number of halogens is 3. The minimum atomic E-state index is -0.372. The SMILES string of the molecule is Fc1ccc(Cl)c(-n2cnnc2CCl)c1. The molecule has 0 unspecified atom stereocenters. The highest BCUT2D eigenvalue weighted by Gasteiger charge is 2.09. The number of hydrogen-bond donors (Lipinski definition) is 0. The lowest BCUT2D eigenvalue weighted by atomic mass is 10.3. The summed E-state index contributed by atoms with van der Waals surface area (Å²) in [5.41, 5.74) is 0.484. The summed E-state index contributed by atoms with van der Waals surface area (Å²) in [6.45, 7) is 0. The summed E-state index contributed by atoms with van der Waals surface area (Å²) < 4.78 is 14.6. The highest BCUT2D eigenvalue weighted by Crippen LogP contribution is 2.22. The van der Waals surface area contributed by atoms with Gasteiger partial charge in [0.1, 0.15) is 12.1 Å². The standard InChI is InChI=1S/C9H6Cl2FN3/c10-4-9-14-13-5-15(9)8-3-6(12)1-2-7(8)11/h1-3,5H,4H2. The van der Waals surface area contributed by atoms with E-state index in [1.807, 2.05) is 0 Å². The van der Waals surface area contributed by atoms with E-state index in [1.54, 1.807) is 4.57 Å². The lowest BCUT2D eigenvalue weighted by Gasteiger charge is -2.06. The smallest absolute Gasteiger partial charge is 0.152 e. The Morgan fingerprint density at radius 3 is 2.93 bits per heavy atom. The fraction of sp³-hybridized carbons (Fsp3) is 0.111. The maximum Gasteiger partial charge on any atom is 0.152 e. The largest absolute Gasteiger partial charge is 0.283 e. The number of rotatable bonds is 2. The molecule has 0 bridgehead atoms. The van der Waals surface area contributed by atoms with Gasteiger partial charge in [-0.1, -0.05) is 11.6 Å². The van der Waals surface area contributed by atoms with Crippen LogP contribution in [0.4, 0.5) is 4.39 Å². The number of aromatic nitrogens is 3. The van der Waals surface area contributed by atoms with Gasteiger partial charge in [-0.05, 0) is 18.2 Å². The third-order valence-corrected chi connectivity index (χ3v) is 2.46. The van der Waals surface area contributed by atoms with Crippen molar-refractivity contribution in [1.29, 1.82) is 0 Å². The molecular formula is C9H6Cl2FN3. The molecule has 0 aliphatic rings. The molecule has 2 aromatic rings. The van der Waals surface area contributed by atoms with E-state index in [1.165, 1.54) is 24.5 Å². The van der Waals surface area contributed by atoms with Gasteiger partial charge in [0.25, 0.3) is 0 Å². The zero-order valence-corrected chi connectivity index (χ0v) is 9.00. The molecule has 0 N–H and O–H groups in total. The fourth-order valence-electron chi connectivity index (χ4n) is 1.22. The summed E-state index contributed by atoms with van der Waals surface area (Å²) in [4.78, 5) is 0. The van der Waals surface area contributed by atoms with Crippen molar-refractivity contribution in [2.75, 3.05) is 0 Å². The summed E-state index contributed by atoms with van der Waals surface area (Å²) in [6.07, 6.45) is 1.44. The second kappa shape index (κ2) is 4.16. The summed E-state index contributed by atoms with van der Waals surface area (Å²) in [5, 5.41) is 7.89. The van der Waals surface area contributed by atoms with Crippen molar-refractivity contribution >= 4 is 23.2 Å². The summed E-state index contributed by atoms with van der Waals surface area (Å²) in [7, 11) is 0. The van der Waals surface area contributed by atoms with Crippen LogP contribution >= 0.6 is 23.2 Å². The average Bonchev–Trinajstić information content (AvgIpc) is 2.69. The maximum atomic E-state index is 13.0. The zero-order chi connectivity index (χ0) is 10.8. The van der Waals surface area contributed by atoms with Gasteiger partial charge in [0, 0.05) is 0 Å². The van der Waals surface area contributed by atoms with Gasteiger partial charge in [0.2, 0.25) is 0 Å². The first-order valence-electron chi connectivity index (χ1n) is 4.12. The van der Waals surface area contributed by atoms with Crippen LogP contribution in [0.3, 0.4) is 0 Å². The van der Waals surface area contributed by atoms with E-state index in [0.29, 0.717) is 16.5 Å². The van der Waals surface area contributed by atoms with Crippen molar-refractivity contribution < 1.29 is 4.39 Å². The van der Waals surface area contributed by atoms with Crippen LogP contribution in [0.1, 0.15) is 5.82 Å². The number of benzene rings is 1. The quantitative estimate of drug-likeness (QED) is 0.763. The van der Waals surface area contributed by atoms with Crippen molar-refractivity contribution in [2.45, 2.75) is 5.88 Å². The van der Waals surface area contributed by atoms with E-state index in [0.717, 1.165) is 0 Å². The molecule has 1 heterocycles. The van der Waals surface area contributed by atoms with Crippen LogP contribution in [0.25, 0.3) is 5.69 Å². The van der Waals surface area contributed by atoms with E-state index in [-0.39, 0.29) is 11.7 Å².